The van der Waals surface area contributed by atoms with Gasteiger partial charge in [0.25, 0.3) is 11.8 Å². The predicted octanol–water partition coefficient (Wildman–Crippen LogP) is 1.67. The fourth-order valence-corrected chi connectivity index (χ4v) is 3.30. The molecule has 2 aromatic heterocycles. The second-order valence-corrected chi connectivity index (χ2v) is 6.83. The molecule has 0 unspecified atom stereocenters. The van der Waals surface area contributed by atoms with Crippen molar-refractivity contribution < 1.29 is 18.4 Å². The van der Waals surface area contributed by atoms with Crippen LogP contribution in [0.5, 0.6) is 0 Å². The van der Waals surface area contributed by atoms with Crippen LogP contribution in [0.3, 0.4) is 0 Å². The van der Waals surface area contributed by atoms with E-state index in [1.165, 1.54) is 35.5 Å². The minimum Gasteiger partial charge on any atom is -0.339 e. The first-order valence-corrected chi connectivity index (χ1v) is 9.20. The number of amides is 2. The molecular weight excluding hydrogens is 394 g/mol. The number of carbonyl (C=O) groups is 2. The maximum absolute atomic E-state index is 14.3. The van der Waals surface area contributed by atoms with Crippen LogP contribution in [0.4, 0.5) is 14.6 Å². The Morgan fingerprint density at radius 1 is 1.33 bits per heavy atom. The van der Waals surface area contributed by atoms with Crippen LogP contribution >= 0.6 is 0 Å². The molecule has 2 aliphatic rings. The van der Waals surface area contributed by atoms with Gasteiger partial charge in [0, 0.05) is 25.5 Å². The van der Waals surface area contributed by atoms with E-state index in [0.29, 0.717) is 17.9 Å². The van der Waals surface area contributed by atoms with Gasteiger partial charge in [-0.2, -0.15) is 5.10 Å². The number of halogens is 2. The summed E-state index contributed by atoms with van der Waals surface area (Å²) in [7, 11) is 1.54. The maximum atomic E-state index is 14.3. The average molecular weight is 411 g/mol. The third kappa shape index (κ3) is 3.72. The second kappa shape index (κ2) is 7.92. The Morgan fingerprint density at radius 2 is 2.13 bits per heavy atom. The van der Waals surface area contributed by atoms with Crippen LogP contribution in [0.2, 0.25) is 0 Å². The number of rotatable bonds is 4. The van der Waals surface area contributed by atoms with Gasteiger partial charge in [-0.3, -0.25) is 24.2 Å². The molecule has 1 aliphatic carbocycles. The minimum absolute atomic E-state index is 0.0531. The maximum Gasteiger partial charge on any atom is 0.275 e. The average Bonchev–Trinajstić information content (AvgIpc) is 3.06. The smallest absolute Gasteiger partial charge is 0.275 e. The normalized spacial score (nSPS) is 18.2. The molecule has 0 saturated heterocycles. The lowest BCUT2D eigenvalue weighted by atomic mass is 10.1. The van der Waals surface area contributed by atoms with Gasteiger partial charge in [-0.05, 0) is 12.8 Å². The summed E-state index contributed by atoms with van der Waals surface area (Å²) in [6.07, 6.45) is 11.5. The Kier molecular flexibility index (Phi) is 5.16. The van der Waals surface area contributed by atoms with Crippen molar-refractivity contribution in [2.45, 2.75) is 25.4 Å². The molecule has 152 valence electrons. The van der Waals surface area contributed by atoms with E-state index in [-0.39, 0.29) is 24.4 Å². The fraction of sp³-hybridized carbons (Fsp3) is 0.250. The number of nitrogens with zero attached hydrogens (tertiary/aromatic N) is 5. The van der Waals surface area contributed by atoms with Crippen LogP contribution < -0.4 is 10.2 Å². The Bertz CT molecular complexity index is 1100. The molecule has 0 fully saturated rings. The van der Waals surface area contributed by atoms with Crippen LogP contribution in [0.25, 0.3) is 0 Å². The highest BCUT2D eigenvalue weighted by Crippen LogP contribution is 2.22. The van der Waals surface area contributed by atoms with E-state index in [0.717, 1.165) is 10.9 Å². The number of hydrogen-bond donors (Lipinski definition) is 1. The van der Waals surface area contributed by atoms with Crippen molar-refractivity contribution in [3.63, 3.8) is 0 Å². The van der Waals surface area contributed by atoms with Gasteiger partial charge in [-0.15, -0.1) is 4.39 Å². The van der Waals surface area contributed by atoms with Crippen LogP contribution in [-0.4, -0.2) is 44.7 Å². The highest BCUT2D eigenvalue weighted by Gasteiger charge is 2.32. The summed E-state index contributed by atoms with van der Waals surface area (Å²) >= 11 is 0. The first-order chi connectivity index (χ1) is 14.4. The van der Waals surface area contributed by atoms with Gasteiger partial charge in [-0.1, -0.05) is 0 Å². The Labute approximate surface area is 170 Å². The number of aryl methyl sites for hydroxylation is 1. The van der Waals surface area contributed by atoms with Crippen LogP contribution in [-0.2, 0) is 17.8 Å². The van der Waals surface area contributed by atoms with Crippen LogP contribution in [0.1, 0.15) is 22.6 Å². The van der Waals surface area contributed by atoms with E-state index >= 15 is 0 Å². The lowest BCUT2D eigenvalue weighted by Gasteiger charge is -2.20. The second-order valence-electron chi connectivity index (χ2n) is 6.83. The molecule has 2 aromatic rings. The standard InChI is InChI=1S/C20H16F2N6O2/c1-27-18-15(23-8-9-24-18)6-7-16(20(27)30)25-19(29)17-14(22)11-28(26-17)10-12-4-2-3-5-13(12)21/h2,4-5,8-9,11,16H,6-7,10H2,1H3/p+1/t16-/m0/s1. The topological polar surface area (TPSA) is 93.0 Å². The van der Waals surface area contributed by atoms with E-state index < -0.39 is 29.3 Å². The molecule has 1 N–H and O–H groups in total. The molecule has 0 radical (unpaired) electrons. The minimum atomic E-state index is -0.884. The van der Waals surface area contributed by atoms with Crippen LogP contribution in [0.15, 0.2) is 48.2 Å². The summed E-state index contributed by atoms with van der Waals surface area (Å²) in [6.45, 7) is -0.0531. The number of fused-ring (bicyclic) bond motifs is 1. The zero-order valence-corrected chi connectivity index (χ0v) is 16.0. The van der Waals surface area contributed by atoms with E-state index in [9.17, 15) is 18.4 Å². The zero-order chi connectivity index (χ0) is 21.3. The number of nitrogens with one attached hydrogen (secondary N) is 1. The van der Waals surface area contributed by atoms with Crippen molar-refractivity contribution in [1.82, 2.24) is 25.1 Å². The highest BCUT2D eigenvalue weighted by molar-refractivity contribution is 6.01. The first kappa shape index (κ1) is 19.5. The highest BCUT2D eigenvalue weighted by atomic mass is 19.1. The Hall–Kier alpha value is -3.78. The van der Waals surface area contributed by atoms with Crippen LogP contribution in [0, 0.1) is 11.9 Å². The van der Waals surface area contributed by atoms with Crippen molar-refractivity contribution in [2.24, 2.45) is 0 Å². The number of carbonyl (C=O) groups excluding carboxylic acids is 2. The molecule has 0 aromatic carbocycles. The lowest BCUT2D eigenvalue weighted by Crippen LogP contribution is -2.47. The summed E-state index contributed by atoms with van der Waals surface area (Å²) in [5.74, 6) is -2.15. The number of likely N-dealkylation sites (N-methyl/N-ethyl adjacent to an activating group) is 1. The monoisotopic (exact) mass is 411 g/mol. The van der Waals surface area contributed by atoms with E-state index in [1.54, 1.807) is 7.05 Å². The summed E-state index contributed by atoms with van der Waals surface area (Å²) in [5, 5.41) is 6.46. The van der Waals surface area contributed by atoms with Crippen molar-refractivity contribution in [1.29, 1.82) is 0 Å². The summed E-state index contributed by atoms with van der Waals surface area (Å²) < 4.78 is 29.2. The van der Waals surface area contributed by atoms with Gasteiger partial charge in [0.2, 0.25) is 5.83 Å². The largest absolute Gasteiger partial charge is 0.339 e. The van der Waals surface area contributed by atoms with E-state index in [4.69, 9.17) is 0 Å². The van der Waals surface area contributed by atoms with Gasteiger partial charge >= 0.3 is 0 Å². The first-order valence-electron chi connectivity index (χ1n) is 9.20. The molecule has 8 nitrogen and oxygen atoms in total. The predicted molar refractivity (Wildman–Crippen MR) is 102 cm³/mol. The summed E-state index contributed by atoms with van der Waals surface area (Å²) in [6, 6.07) is -0.884. The molecule has 1 atom stereocenters. The molecule has 4 rings (SSSR count). The van der Waals surface area contributed by atoms with E-state index in [2.05, 4.69) is 26.5 Å². The Balaban J connectivity index is 1.49. The molecule has 2 amide bonds. The van der Waals surface area contributed by atoms with Gasteiger partial charge in [0.1, 0.15) is 23.8 Å². The zero-order valence-electron chi connectivity index (χ0n) is 16.0. The van der Waals surface area contributed by atoms with Gasteiger partial charge in [-0.25, -0.2) is 9.37 Å². The molecular formula is C20H17F2N6O2+. The fourth-order valence-electron chi connectivity index (χ4n) is 3.30. The summed E-state index contributed by atoms with van der Waals surface area (Å²) in [5.41, 5.74) is 0.454. The number of hydrogen-bond acceptors (Lipinski definition) is 5. The molecule has 3 heterocycles. The van der Waals surface area contributed by atoms with Crippen molar-refractivity contribution in [3.05, 3.63) is 71.5 Å². The van der Waals surface area contributed by atoms with E-state index in [1.807, 2.05) is 0 Å². The van der Waals surface area contributed by atoms with Crippen molar-refractivity contribution in [2.75, 3.05) is 11.9 Å². The molecule has 1 aliphatic heterocycles. The third-order valence-electron chi connectivity index (χ3n) is 4.84. The van der Waals surface area contributed by atoms with Gasteiger partial charge in [0.15, 0.2) is 17.3 Å². The van der Waals surface area contributed by atoms with Gasteiger partial charge < -0.3 is 5.32 Å². The molecule has 0 bridgehead atoms. The number of anilines is 1. The van der Waals surface area contributed by atoms with Crippen molar-refractivity contribution in [3.8, 4) is 0 Å². The molecule has 10 heteroatoms. The summed E-state index contributed by atoms with van der Waals surface area (Å²) in [4.78, 5) is 35.0. The van der Waals surface area contributed by atoms with Crippen molar-refractivity contribution >= 4 is 17.6 Å². The molecule has 0 spiro atoms. The number of aromatic nitrogens is 4. The quantitative estimate of drug-likeness (QED) is 0.773. The molecule has 30 heavy (non-hydrogen) atoms. The third-order valence-corrected chi connectivity index (χ3v) is 4.84. The lowest BCUT2D eigenvalue weighted by molar-refractivity contribution is -0.120. The van der Waals surface area contributed by atoms with Gasteiger partial charge in [0.05, 0.1) is 24.5 Å². The SMILES string of the molecule is CN1C(=O)[C@@H](NC(=O)c2nn(CC3=C(F)C=[C+]C=C3)cc2F)CCc2nccnc21. The molecule has 0 saturated carbocycles. The Morgan fingerprint density at radius 3 is 2.93 bits per heavy atom. The number of allylic oxidation sites excluding steroid dienone is 6.